The van der Waals surface area contributed by atoms with Crippen molar-refractivity contribution < 1.29 is 27.1 Å². The van der Waals surface area contributed by atoms with E-state index >= 15 is 0 Å². The van der Waals surface area contributed by atoms with E-state index in [2.05, 4.69) is 5.32 Å². The molecule has 0 aliphatic carbocycles. The molecule has 0 heterocycles. The first kappa shape index (κ1) is 29.6. The molecule has 1 N–H and O–H groups in total. The number of nitrogens with one attached hydrogen (secondary N) is 1. The molecule has 0 radical (unpaired) electrons. The van der Waals surface area contributed by atoms with Crippen LogP contribution in [0.4, 0.5) is 10.1 Å². The van der Waals surface area contributed by atoms with Crippen molar-refractivity contribution in [1.29, 1.82) is 0 Å². The molecule has 0 fully saturated rings. The molecular formula is C29H34FN3O5S. The van der Waals surface area contributed by atoms with Crippen LogP contribution >= 0.6 is 0 Å². The van der Waals surface area contributed by atoms with E-state index in [1.165, 1.54) is 48.4 Å². The van der Waals surface area contributed by atoms with Crippen LogP contribution in [0.3, 0.4) is 0 Å². The fraction of sp³-hybridized carbons (Fsp3) is 0.310. The van der Waals surface area contributed by atoms with Crippen LogP contribution in [-0.2, 0) is 26.0 Å². The number of rotatable bonds is 13. The maximum atomic E-state index is 13.8. The third kappa shape index (κ3) is 7.79. The maximum absolute atomic E-state index is 13.8. The Morgan fingerprint density at radius 3 is 2.21 bits per heavy atom. The van der Waals surface area contributed by atoms with Crippen molar-refractivity contribution in [2.75, 3.05) is 31.0 Å². The third-order valence-electron chi connectivity index (χ3n) is 6.24. The zero-order valence-electron chi connectivity index (χ0n) is 22.3. The molecule has 0 aliphatic heterocycles. The Morgan fingerprint density at radius 1 is 0.974 bits per heavy atom. The van der Waals surface area contributed by atoms with Gasteiger partial charge in [0.25, 0.3) is 10.0 Å². The number of halogens is 1. The molecule has 208 valence electrons. The second-order valence-electron chi connectivity index (χ2n) is 8.95. The van der Waals surface area contributed by atoms with Gasteiger partial charge in [0.05, 0.1) is 17.7 Å². The van der Waals surface area contributed by atoms with Crippen molar-refractivity contribution in [1.82, 2.24) is 10.2 Å². The molecule has 8 nitrogen and oxygen atoms in total. The Hall–Kier alpha value is -3.92. The zero-order chi connectivity index (χ0) is 28.4. The quantitative estimate of drug-likeness (QED) is 0.344. The van der Waals surface area contributed by atoms with Crippen LogP contribution in [-0.4, -0.2) is 57.9 Å². The Morgan fingerprint density at radius 2 is 1.62 bits per heavy atom. The summed E-state index contributed by atoms with van der Waals surface area (Å²) < 4.78 is 47.2. The molecule has 0 bridgehead atoms. The van der Waals surface area contributed by atoms with Crippen LogP contribution in [0, 0.1) is 5.82 Å². The van der Waals surface area contributed by atoms with Gasteiger partial charge in [-0.2, -0.15) is 0 Å². The largest absolute Gasteiger partial charge is 0.497 e. The second-order valence-corrected chi connectivity index (χ2v) is 10.8. The van der Waals surface area contributed by atoms with Gasteiger partial charge in [-0.1, -0.05) is 37.3 Å². The number of methoxy groups -OCH3 is 1. The van der Waals surface area contributed by atoms with E-state index in [-0.39, 0.29) is 23.0 Å². The first-order valence-corrected chi connectivity index (χ1v) is 14.1. The van der Waals surface area contributed by atoms with E-state index < -0.39 is 34.3 Å². The second kappa shape index (κ2) is 13.7. The monoisotopic (exact) mass is 555 g/mol. The molecule has 39 heavy (non-hydrogen) atoms. The first-order chi connectivity index (χ1) is 18.7. The number of ether oxygens (including phenoxy) is 1. The van der Waals surface area contributed by atoms with E-state index in [9.17, 15) is 22.4 Å². The SMILES string of the molecule is CCCNC(=O)C(C)N(CCc1ccccc1)C(=O)CN(c1ccc(F)cc1)S(=O)(=O)c1ccc(OC)cc1. The number of anilines is 1. The third-order valence-corrected chi connectivity index (χ3v) is 8.03. The van der Waals surface area contributed by atoms with Crippen molar-refractivity contribution in [3.63, 3.8) is 0 Å². The fourth-order valence-corrected chi connectivity index (χ4v) is 5.39. The summed E-state index contributed by atoms with van der Waals surface area (Å²) >= 11 is 0. The van der Waals surface area contributed by atoms with Crippen LogP contribution in [0.2, 0.25) is 0 Å². The van der Waals surface area contributed by atoms with E-state index in [1.54, 1.807) is 6.92 Å². The van der Waals surface area contributed by atoms with Gasteiger partial charge >= 0.3 is 0 Å². The molecule has 0 saturated carbocycles. The van der Waals surface area contributed by atoms with Crippen molar-refractivity contribution >= 4 is 27.5 Å². The minimum Gasteiger partial charge on any atom is -0.497 e. The van der Waals surface area contributed by atoms with Gasteiger partial charge in [0.1, 0.15) is 24.2 Å². The highest BCUT2D eigenvalue weighted by Gasteiger charge is 2.32. The molecule has 1 atom stereocenters. The number of benzene rings is 3. The molecule has 10 heteroatoms. The lowest BCUT2D eigenvalue weighted by molar-refractivity contribution is -0.138. The first-order valence-electron chi connectivity index (χ1n) is 12.7. The Bertz CT molecular complexity index is 1330. The van der Waals surface area contributed by atoms with Crippen LogP contribution in [0.5, 0.6) is 5.75 Å². The standard InChI is InChI=1S/C29H34FN3O5S/c1-4-19-31-29(35)22(2)32(20-18-23-8-6-5-7-9-23)28(34)21-33(25-12-10-24(30)11-13-25)39(36,37)27-16-14-26(38-3)15-17-27/h5-17,22H,4,18-21H2,1-3H3,(H,31,35). The summed E-state index contributed by atoms with van der Waals surface area (Å²) in [6.45, 7) is 3.61. The molecule has 3 aromatic rings. The summed E-state index contributed by atoms with van der Waals surface area (Å²) in [6.07, 6.45) is 1.20. The maximum Gasteiger partial charge on any atom is 0.264 e. The van der Waals surface area contributed by atoms with E-state index in [0.29, 0.717) is 18.7 Å². The van der Waals surface area contributed by atoms with Crippen LogP contribution in [0.1, 0.15) is 25.8 Å². The van der Waals surface area contributed by atoms with Gasteiger partial charge in [0.15, 0.2) is 0 Å². The van der Waals surface area contributed by atoms with E-state index in [1.807, 2.05) is 37.3 Å². The van der Waals surface area contributed by atoms with E-state index in [0.717, 1.165) is 28.4 Å². The van der Waals surface area contributed by atoms with Crippen molar-refractivity contribution in [2.24, 2.45) is 0 Å². The molecule has 1 unspecified atom stereocenters. The smallest absolute Gasteiger partial charge is 0.264 e. The molecule has 0 aromatic heterocycles. The average molecular weight is 556 g/mol. The van der Waals surface area contributed by atoms with Gasteiger partial charge in [-0.05, 0) is 73.9 Å². The minimum atomic E-state index is -4.24. The number of carbonyl (C=O) groups is 2. The van der Waals surface area contributed by atoms with Crippen LogP contribution in [0.15, 0.2) is 83.8 Å². The van der Waals surface area contributed by atoms with Crippen molar-refractivity contribution in [3.05, 3.63) is 90.2 Å². The molecule has 3 rings (SSSR count). The number of hydrogen-bond donors (Lipinski definition) is 1. The summed E-state index contributed by atoms with van der Waals surface area (Å²) in [5.74, 6) is -0.967. The number of hydrogen-bond acceptors (Lipinski definition) is 5. The van der Waals surface area contributed by atoms with Gasteiger partial charge in [-0.15, -0.1) is 0 Å². The fourth-order valence-electron chi connectivity index (χ4n) is 3.98. The normalized spacial score (nSPS) is 11.9. The molecule has 0 aliphatic rings. The van der Waals surface area contributed by atoms with Crippen molar-refractivity contribution in [3.8, 4) is 5.75 Å². The zero-order valence-corrected chi connectivity index (χ0v) is 23.2. The van der Waals surface area contributed by atoms with Crippen LogP contribution < -0.4 is 14.4 Å². The molecule has 3 aromatic carbocycles. The highest BCUT2D eigenvalue weighted by atomic mass is 32.2. The predicted octanol–water partition coefficient (Wildman–Crippen LogP) is 4.02. The average Bonchev–Trinajstić information content (AvgIpc) is 2.95. The number of nitrogens with zero attached hydrogens (tertiary/aromatic N) is 2. The van der Waals surface area contributed by atoms with Gasteiger partial charge in [0, 0.05) is 13.1 Å². The number of sulfonamides is 1. The lowest BCUT2D eigenvalue weighted by Gasteiger charge is -2.32. The molecule has 0 spiro atoms. The lowest BCUT2D eigenvalue weighted by Crippen LogP contribution is -2.52. The van der Waals surface area contributed by atoms with Gasteiger partial charge in [-0.25, -0.2) is 12.8 Å². The summed E-state index contributed by atoms with van der Waals surface area (Å²) in [6, 6.07) is 19.3. The van der Waals surface area contributed by atoms with Crippen LogP contribution in [0.25, 0.3) is 0 Å². The van der Waals surface area contributed by atoms with Gasteiger partial charge in [-0.3, -0.25) is 13.9 Å². The summed E-state index contributed by atoms with van der Waals surface area (Å²) in [5, 5.41) is 2.81. The minimum absolute atomic E-state index is 0.0648. The molecule has 2 amide bonds. The highest BCUT2D eigenvalue weighted by molar-refractivity contribution is 7.92. The van der Waals surface area contributed by atoms with Gasteiger partial charge < -0.3 is 15.0 Å². The number of carbonyl (C=O) groups excluding carboxylic acids is 2. The molecule has 0 saturated heterocycles. The number of amides is 2. The topological polar surface area (TPSA) is 96.0 Å². The molecular weight excluding hydrogens is 521 g/mol. The van der Waals surface area contributed by atoms with Gasteiger partial charge in [0.2, 0.25) is 11.8 Å². The van der Waals surface area contributed by atoms with Crippen molar-refractivity contribution in [2.45, 2.75) is 37.6 Å². The highest BCUT2D eigenvalue weighted by Crippen LogP contribution is 2.26. The lowest BCUT2D eigenvalue weighted by atomic mass is 10.1. The van der Waals surface area contributed by atoms with E-state index in [4.69, 9.17) is 4.74 Å². The Kier molecular flexibility index (Phi) is 10.4. The summed E-state index contributed by atoms with van der Waals surface area (Å²) in [4.78, 5) is 27.9. The Balaban J connectivity index is 1.96. The Labute approximate surface area is 229 Å². The summed E-state index contributed by atoms with van der Waals surface area (Å²) in [5.41, 5.74) is 1.09. The summed E-state index contributed by atoms with van der Waals surface area (Å²) in [7, 11) is -2.77. The predicted molar refractivity (Wildman–Crippen MR) is 149 cm³/mol.